The van der Waals surface area contributed by atoms with Crippen molar-refractivity contribution in [2.45, 2.75) is 39.3 Å². The van der Waals surface area contributed by atoms with Crippen molar-refractivity contribution in [3.05, 3.63) is 0 Å². The molecule has 1 aliphatic rings. The highest BCUT2D eigenvalue weighted by Crippen LogP contribution is 2.14. The minimum atomic E-state index is -0.491. The summed E-state index contributed by atoms with van der Waals surface area (Å²) in [6.45, 7) is 6.54. The summed E-state index contributed by atoms with van der Waals surface area (Å²) in [6.07, 6.45) is 3.04. The molecule has 0 amide bonds. The van der Waals surface area contributed by atoms with E-state index in [1.54, 1.807) is 0 Å². The van der Waals surface area contributed by atoms with E-state index in [1.165, 1.54) is 6.42 Å². The Balaban J connectivity index is 2.50. The number of likely N-dealkylation sites (tertiary alicyclic amines) is 1. The Hall–Kier alpha value is -0.610. The molecule has 1 heterocycles. The molecule has 1 rings (SSSR count). The van der Waals surface area contributed by atoms with Crippen LogP contribution >= 0.6 is 0 Å². The number of hydrogen-bond donors (Lipinski definition) is 0. The molecule has 0 bridgehead atoms. The van der Waals surface area contributed by atoms with Gasteiger partial charge < -0.3 is 9.47 Å². The van der Waals surface area contributed by atoms with Gasteiger partial charge in [-0.25, -0.2) is 4.79 Å². The average Bonchev–Trinajstić information content (AvgIpc) is 2.27. The zero-order valence-electron chi connectivity index (χ0n) is 9.70. The summed E-state index contributed by atoms with van der Waals surface area (Å²) in [5, 5.41) is 0. The quantitative estimate of drug-likeness (QED) is 0.650. The number of piperidine rings is 1. The van der Waals surface area contributed by atoms with E-state index >= 15 is 0 Å². The Labute approximate surface area is 91.5 Å². The van der Waals surface area contributed by atoms with E-state index in [0.29, 0.717) is 13.2 Å². The summed E-state index contributed by atoms with van der Waals surface area (Å²) in [5.74, 6) is -0.249. The number of esters is 1. The van der Waals surface area contributed by atoms with Crippen molar-refractivity contribution in [2.75, 3.05) is 26.3 Å². The molecule has 1 atom stereocenters. The maximum absolute atomic E-state index is 11.6. The highest BCUT2D eigenvalue weighted by molar-refractivity contribution is 5.74. The normalized spacial score (nSPS) is 19.9. The number of carbonyl (C=O) groups excluding carboxylic acids is 1. The Morgan fingerprint density at radius 1 is 1.20 bits per heavy atom. The molecule has 0 N–H and O–H groups in total. The maximum Gasteiger partial charge on any atom is 0.350 e. The van der Waals surface area contributed by atoms with Crippen LogP contribution in [0.5, 0.6) is 0 Å². The second kappa shape index (κ2) is 6.80. The van der Waals surface area contributed by atoms with Gasteiger partial charge in [-0.1, -0.05) is 6.42 Å². The van der Waals surface area contributed by atoms with Crippen LogP contribution in [0.25, 0.3) is 0 Å². The summed E-state index contributed by atoms with van der Waals surface area (Å²) in [6, 6.07) is 0. The third-order valence-corrected chi connectivity index (χ3v) is 2.54. The van der Waals surface area contributed by atoms with Crippen molar-refractivity contribution >= 4 is 5.97 Å². The van der Waals surface area contributed by atoms with E-state index in [2.05, 4.69) is 4.90 Å². The summed E-state index contributed by atoms with van der Waals surface area (Å²) in [5.41, 5.74) is 0. The molecule has 4 heteroatoms. The van der Waals surface area contributed by atoms with Gasteiger partial charge in [0.2, 0.25) is 6.23 Å². The van der Waals surface area contributed by atoms with Gasteiger partial charge in [-0.05, 0) is 26.7 Å². The van der Waals surface area contributed by atoms with Gasteiger partial charge in [0.25, 0.3) is 0 Å². The number of ether oxygens (including phenoxy) is 2. The molecule has 0 spiro atoms. The van der Waals surface area contributed by atoms with Crippen LogP contribution in [0.1, 0.15) is 33.1 Å². The molecule has 0 aromatic carbocycles. The molecule has 1 saturated heterocycles. The number of hydrogen-bond acceptors (Lipinski definition) is 4. The van der Waals surface area contributed by atoms with Crippen LogP contribution in [-0.4, -0.2) is 43.4 Å². The standard InChI is InChI=1S/C11H21NO3/c1-3-14-10(11(13)15-4-2)12-8-6-5-7-9-12/h10H,3-9H2,1-2H3. The van der Waals surface area contributed by atoms with Crippen LogP contribution in [0.4, 0.5) is 0 Å². The third kappa shape index (κ3) is 3.80. The largest absolute Gasteiger partial charge is 0.463 e. The SMILES string of the molecule is CCOC(=O)C(OCC)N1CCCCC1. The molecule has 0 saturated carbocycles. The highest BCUT2D eigenvalue weighted by atomic mass is 16.6. The van der Waals surface area contributed by atoms with Crippen molar-refractivity contribution < 1.29 is 14.3 Å². The molecule has 0 aliphatic carbocycles. The molecule has 88 valence electrons. The Bertz CT molecular complexity index is 190. The van der Waals surface area contributed by atoms with E-state index in [4.69, 9.17) is 9.47 Å². The first-order chi connectivity index (χ1) is 7.29. The lowest BCUT2D eigenvalue weighted by Crippen LogP contribution is -2.46. The van der Waals surface area contributed by atoms with Crippen molar-refractivity contribution in [2.24, 2.45) is 0 Å². The van der Waals surface area contributed by atoms with Crippen LogP contribution in [-0.2, 0) is 14.3 Å². The van der Waals surface area contributed by atoms with Crippen LogP contribution in [0.3, 0.4) is 0 Å². The molecule has 1 fully saturated rings. The van der Waals surface area contributed by atoms with Gasteiger partial charge in [0.1, 0.15) is 0 Å². The smallest absolute Gasteiger partial charge is 0.350 e. The Morgan fingerprint density at radius 3 is 2.40 bits per heavy atom. The van der Waals surface area contributed by atoms with E-state index < -0.39 is 6.23 Å². The Morgan fingerprint density at radius 2 is 1.87 bits per heavy atom. The summed E-state index contributed by atoms with van der Waals surface area (Å²) < 4.78 is 10.5. The van der Waals surface area contributed by atoms with Crippen LogP contribution < -0.4 is 0 Å². The van der Waals surface area contributed by atoms with Crippen molar-refractivity contribution in [1.82, 2.24) is 4.90 Å². The lowest BCUT2D eigenvalue weighted by molar-refractivity contribution is -0.171. The summed E-state index contributed by atoms with van der Waals surface area (Å²) in [7, 11) is 0. The molecule has 0 aromatic rings. The predicted molar refractivity (Wildman–Crippen MR) is 57.5 cm³/mol. The van der Waals surface area contributed by atoms with Gasteiger partial charge in [-0.2, -0.15) is 0 Å². The first kappa shape index (κ1) is 12.5. The maximum atomic E-state index is 11.6. The fourth-order valence-corrected chi connectivity index (χ4v) is 1.85. The zero-order valence-corrected chi connectivity index (χ0v) is 9.70. The van der Waals surface area contributed by atoms with Crippen LogP contribution in [0.15, 0.2) is 0 Å². The first-order valence-corrected chi connectivity index (χ1v) is 5.81. The lowest BCUT2D eigenvalue weighted by atomic mass is 10.1. The van der Waals surface area contributed by atoms with E-state index in [-0.39, 0.29) is 5.97 Å². The summed E-state index contributed by atoms with van der Waals surface area (Å²) in [4.78, 5) is 13.7. The number of carbonyl (C=O) groups is 1. The molecular formula is C11H21NO3. The van der Waals surface area contributed by atoms with Crippen LogP contribution in [0.2, 0.25) is 0 Å². The average molecular weight is 215 g/mol. The molecule has 4 nitrogen and oxygen atoms in total. The van der Waals surface area contributed by atoms with E-state index in [1.807, 2.05) is 13.8 Å². The van der Waals surface area contributed by atoms with Gasteiger partial charge in [0, 0.05) is 19.7 Å². The summed E-state index contributed by atoms with van der Waals surface area (Å²) >= 11 is 0. The fourth-order valence-electron chi connectivity index (χ4n) is 1.85. The van der Waals surface area contributed by atoms with E-state index in [0.717, 1.165) is 25.9 Å². The second-order valence-electron chi connectivity index (χ2n) is 3.66. The van der Waals surface area contributed by atoms with E-state index in [9.17, 15) is 4.79 Å². The van der Waals surface area contributed by atoms with Crippen molar-refractivity contribution in [3.8, 4) is 0 Å². The van der Waals surface area contributed by atoms with Gasteiger partial charge in [0.15, 0.2) is 0 Å². The van der Waals surface area contributed by atoms with Crippen molar-refractivity contribution in [1.29, 1.82) is 0 Å². The predicted octanol–water partition coefficient (Wildman–Crippen LogP) is 1.40. The molecule has 0 radical (unpaired) electrons. The molecular weight excluding hydrogens is 194 g/mol. The van der Waals surface area contributed by atoms with Crippen LogP contribution in [0, 0.1) is 0 Å². The fraction of sp³-hybridized carbons (Fsp3) is 0.909. The second-order valence-corrected chi connectivity index (χ2v) is 3.66. The minimum absolute atomic E-state index is 0.249. The molecule has 15 heavy (non-hydrogen) atoms. The van der Waals surface area contributed by atoms with Gasteiger partial charge in [-0.15, -0.1) is 0 Å². The number of rotatable bonds is 5. The lowest BCUT2D eigenvalue weighted by Gasteiger charge is -2.32. The minimum Gasteiger partial charge on any atom is -0.463 e. The monoisotopic (exact) mass is 215 g/mol. The highest BCUT2D eigenvalue weighted by Gasteiger charge is 2.28. The molecule has 1 unspecified atom stereocenters. The van der Waals surface area contributed by atoms with Crippen molar-refractivity contribution in [3.63, 3.8) is 0 Å². The zero-order chi connectivity index (χ0) is 11.1. The molecule has 1 aliphatic heterocycles. The van der Waals surface area contributed by atoms with Gasteiger partial charge in [0.05, 0.1) is 6.61 Å². The first-order valence-electron chi connectivity index (χ1n) is 5.81. The third-order valence-electron chi connectivity index (χ3n) is 2.54. The van der Waals surface area contributed by atoms with Gasteiger partial charge >= 0.3 is 5.97 Å². The van der Waals surface area contributed by atoms with Gasteiger partial charge in [-0.3, -0.25) is 4.90 Å². The topological polar surface area (TPSA) is 38.8 Å². The number of nitrogens with zero attached hydrogens (tertiary/aromatic N) is 1. The Kier molecular flexibility index (Phi) is 5.65. The molecule has 0 aromatic heterocycles.